The Hall–Kier alpha value is -2.41. The van der Waals surface area contributed by atoms with Gasteiger partial charge in [-0.05, 0) is 68.2 Å². The lowest BCUT2D eigenvalue weighted by Crippen LogP contribution is -2.51. The lowest BCUT2D eigenvalue weighted by atomic mass is 9.89. The van der Waals surface area contributed by atoms with E-state index in [9.17, 15) is 14.4 Å². The summed E-state index contributed by atoms with van der Waals surface area (Å²) in [7, 11) is 0. The molecule has 0 radical (unpaired) electrons. The van der Waals surface area contributed by atoms with Crippen LogP contribution >= 0.6 is 0 Å². The zero-order chi connectivity index (χ0) is 23.6. The summed E-state index contributed by atoms with van der Waals surface area (Å²) in [6.45, 7) is 3.92. The lowest BCUT2D eigenvalue weighted by molar-refractivity contribution is -0.134. The Balaban J connectivity index is 1.65. The van der Waals surface area contributed by atoms with E-state index >= 15 is 0 Å². The van der Waals surface area contributed by atoms with Crippen molar-refractivity contribution in [3.05, 3.63) is 34.9 Å². The van der Waals surface area contributed by atoms with Crippen LogP contribution in [0, 0.1) is 5.92 Å². The van der Waals surface area contributed by atoms with E-state index in [1.54, 1.807) is 4.90 Å². The highest BCUT2D eigenvalue weighted by atomic mass is 16.2. The molecule has 0 aromatic heterocycles. The second-order valence-electron chi connectivity index (χ2n) is 9.56. The predicted molar refractivity (Wildman–Crippen MR) is 130 cm³/mol. The zero-order valence-corrected chi connectivity index (χ0v) is 20.0. The van der Waals surface area contributed by atoms with Gasteiger partial charge in [-0.25, -0.2) is 0 Å². The fraction of sp³-hybridized carbons (Fsp3) is 0.654. The molecule has 0 spiro atoms. The Kier molecular flexibility index (Phi) is 9.73. The Bertz CT molecular complexity index is 826. The average molecular weight is 457 g/mol. The van der Waals surface area contributed by atoms with Crippen LogP contribution in [-0.2, 0) is 33.6 Å². The summed E-state index contributed by atoms with van der Waals surface area (Å²) in [6, 6.07) is 5.79. The van der Waals surface area contributed by atoms with Gasteiger partial charge in [0.05, 0.1) is 5.92 Å². The SMILES string of the molecule is CC(CN1CCCCCC1=O)C(=O)N[C@H](Cc1ccc2c(c1)CCCC2)C(=O)NCCCN. The maximum atomic E-state index is 13.0. The second kappa shape index (κ2) is 12.7. The highest BCUT2D eigenvalue weighted by molar-refractivity contribution is 5.89. The van der Waals surface area contributed by atoms with Crippen LogP contribution in [0.1, 0.15) is 68.6 Å². The van der Waals surface area contributed by atoms with Crippen LogP contribution < -0.4 is 16.4 Å². The molecule has 4 N–H and O–H groups in total. The summed E-state index contributed by atoms with van der Waals surface area (Å²) in [6.07, 6.45) is 9.25. The van der Waals surface area contributed by atoms with Crippen LogP contribution in [0.3, 0.4) is 0 Å². The van der Waals surface area contributed by atoms with E-state index in [-0.39, 0.29) is 23.6 Å². The van der Waals surface area contributed by atoms with Crippen molar-refractivity contribution in [2.45, 2.75) is 77.2 Å². The van der Waals surface area contributed by atoms with E-state index in [1.165, 1.54) is 24.0 Å². The van der Waals surface area contributed by atoms with Crippen LogP contribution in [0.5, 0.6) is 0 Å². The minimum atomic E-state index is -0.654. The van der Waals surface area contributed by atoms with Crippen molar-refractivity contribution in [1.82, 2.24) is 15.5 Å². The highest BCUT2D eigenvalue weighted by Gasteiger charge is 2.27. The maximum absolute atomic E-state index is 13.0. The molecule has 3 amide bonds. The van der Waals surface area contributed by atoms with Gasteiger partial charge >= 0.3 is 0 Å². The molecule has 1 saturated heterocycles. The molecule has 1 fully saturated rings. The summed E-state index contributed by atoms with van der Waals surface area (Å²) in [5, 5.41) is 5.88. The van der Waals surface area contributed by atoms with Crippen molar-refractivity contribution >= 4 is 17.7 Å². The van der Waals surface area contributed by atoms with Gasteiger partial charge in [0.15, 0.2) is 0 Å². The number of nitrogens with two attached hydrogens (primary N) is 1. The monoisotopic (exact) mass is 456 g/mol. The molecule has 1 unspecified atom stereocenters. The summed E-state index contributed by atoms with van der Waals surface area (Å²) in [5.41, 5.74) is 9.38. The van der Waals surface area contributed by atoms with Gasteiger partial charge in [-0.2, -0.15) is 0 Å². The standard InChI is InChI=1S/C26H40N4O3/c1-19(18-30-15-6-2-3-10-24(30)31)25(32)29-23(26(33)28-14-7-13-27)17-20-11-12-21-8-4-5-9-22(21)16-20/h11-12,16,19,23H,2-10,13-15,17-18,27H2,1H3,(H,28,33)(H,29,32)/t19?,23-/m1/s1. The minimum absolute atomic E-state index is 0.122. The number of amides is 3. The summed E-state index contributed by atoms with van der Waals surface area (Å²) in [5.74, 6) is -0.635. The van der Waals surface area contributed by atoms with Gasteiger partial charge < -0.3 is 21.3 Å². The number of likely N-dealkylation sites (tertiary alicyclic amines) is 1. The molecule has 2 atom stereocenters. The molecule has 1 aliphatic heterocycles. The molecule has 1 aromatic carbocycles. The molecule has 2 aliphatic rings. The Morgan fingerprint density at radius 2 is 1.79 bits per heavy atom. The molecule has 1 aliphatic carbocycles. The number of aryl methyl sites for hydroxylation is 2. The average Bonchev–Trinajstić information content (AvgIpc) is 3.02. The summed E-state index contributed by atoms with van der Waals surface area (Å²) < 4.78 is 0. The van der Waals surface area contributed by atoms with E-state index in [0.29, 0.717) is 45.4 Å². The molecule has 1 aromatic rings. The van der Waals surface area contributed by atoms with Crippen LogP contribution in [0.2, 0.25) is 0 Å². The second-order valence-corrected chi connectivity index (χ2v) is 9.56. The van der Waals surface area contributed by atoms with E-state index in [2.05, 4.69) is 28.8 Å². The summed E-state index contributed by atoms with van der Waals surface area (Å²) in [4.78, 5) is 40.1. The molecule has 182 valence electrons. The molecular formula is C26H40N4O3. The molecule has 3 rings (SSSR count). The number of rotatable bonds is 10. The van der Waals surface area contributed by atoms with E-state index in [4.69, 9.17) is 5.73 Å². The molecule has 33 heavy (non-hydrogen) atoms. The minimum Gasteiger partial charge on any atom is -0.354 e. The van der Waals surface area contributed by atoms with Gasteiger partial charge in [0.2, 0.25) is 17.7 Å². The van der Waals surface area contributed by atoms with Crippen LogP contribution in [0.15, 0.2) is 18.2 Å². The number of carbonyl (C=O) groups is 3. The van der Waals surface area contributed by atoms with Crippen LogP contribution in [-0.4, -0.2) is 54.8 Å². The molecule has 0 saturated carbocycles. The normalized spacial score (nSPS) is 18.1. The lowest BCUT2D eigenvalue weighted by Gasteiger charge is -2.26. The molecular weight excluding hydrogens is 416 g/mol. The largest absolute Gasteiger partial charge is 0.354 e. The number of nitrogens with one attached hydrogen (secondary N) is 2. The fourth-order valence-electron chi connectivity index (χ4n) is 4.75. The Morgan fingerprint density at radius 1 is 1.03 bits per heavy atom. The van der Waals surface area contributed by atoms with Gasteiger partial charge in [-0.1, -0.05) is 31.5 Å². The van der Waals surface area contributed by atoms with Gasteiger partial charge in [0.1, 0.15) is 6.04 Å². The predicted octanol–water partition coefficient (Wildman–Crippen LogP) is 2.10. The van der Waals surface area contributed by atoms with Crippen molar-refractivity contribution < 1.29 is 14.4 Å². The number of benzene rings is 1. The first-order chi connectivity index (χ1) is 16.0. The molecule has 0 bridgehead atoms. The third kappa shape index (κ3) is 7.56. The molecule has 7 heteroatoms. The van der Waals surface area contributed by atoms with E-state index in [1.807, 2.05) is 6.92 Å². The smallest absolute Gasteiger partial charge is 0.242 e. The maximum Gasteiger partial charge on any atom is 0.242 e. The first-order valence-electron chi connectivity index (χ1n) is 12.6. The number of carbonyl (C=O) groups excluding carboxylic acids is 3. The first-order valence-corrected chi connectivity index (χ1v) is 12.6. The first kappa shape index (κ1) is 25.2. The van der Waals surface area contributed by atoms with Crippen molar-refractivity contribution in [1.29, 1.82) is 0 Å². The third-order valence-corrected chi connectivity index (χ3v) is 6.78. The van der Waals surface area contributed by atoms with Crippen molar-refractivity contribution in [3.8, 4) is 0 Å². The number of hydrogen-bond acceptors (Lipinski definition) is 4. The Morgan fingerprint density at radius 3 is 2.58 bits per heavy atom. The summed E-state index contributed by atoms with van der Waals surface area (Å²) >= 11 is 0. The Labute approximate surface area is 197 Å². The fourth-order valence-corrected chi connectivity index (χ4v) is 4.75. The third-order valence-electron chi connectivity index (χ3n) is 6.78. The zero-order valence-electron chi connectivity index (χ0n) is 20.0. The van der Waals surface area contributed by atoms with E-state index < -0.39 is 6.04 Å². The topological polar surface area (TPSA) is 105 Å². The number of fused-ring (bicyclic) bond motifs is 1. The van der Waals surface area contributed by atoms with E-state index in [0.717, 1.165) is 37.7 Å². The van der Waals surface area contributed by atoms with Gasteiger partial charge in [-0.15, -0.1) is 0 Å². The van der Waals surface area contributed by atoms with Crippen molar-refractivity contribution in [2.75, 3.05) is 26.2 Å². The molecule has 7 nitrogen and oxygen atoms in total. The van der Waals surface area contributed by atoms with Crippen LogP contribution in [0.25, 0.3) is 0 Å². The van der Waals surface area contributed by atoms with Gasteiger partial charge in [0.25, 0.3) is 0 Å². The van der Waals surface area contributed by atoms with Crippen molar-refractivity contribution in [3.63, 3.8) is 0 Å². The number of hydrogen-bond donors (Lipinski definition) is 3. The van der Waals surface area contributed by atoms with Crippen molar-refractivity contribution in [2.24, 2.45) is 11.7 Å². The number of nitrogens with zero attached hydrogens (tertiary/aromatic N) is 1. The van der Waals surface area contributed by atoms with Gasteiger partial charge in [0, 0.05) is 32.5 Å². The highest BCUT2D eigenvalue weighted by Crippen LogP contribution is 2.23. The van der Waals surface area contributed by atoms with Crippen LogP contribution in [0.4, 0.5) is 0 Å². The molecule has 1 heterocycles. The van der Waals surface area contributed by atoms with Gasteiger partial charge in [-0.3, -0.25) is 14.4 Å². The quantitative estimate of drug-likeness (QED) is 0.469.